The van der Waals surface area contributed by atoms with Gasteiger partial charge in [-0.1, -0.05) is 6.07 Å². The summed E-state index contributed by atoms with van der Waals surface area (Å²) in [5, 5.41) is 0. The van der Waals surface area contributed by atoms with Crippen LogP contribution in [0.25, 0.3) is 22.4 Å². The minimum absolute atomic E-state index is 0.702. The van der Waals surface area contributed by atoms with Crippen LogP contribution in [0.1, 0.15) is 0 Å². The standard InChI is InChI=1S/C13H12N4/c1-17-11-6-2-5-10(14)12(11)16-13(17)9-4-3-7-15-8-9/h2-8H,14H2,1H3. The van der Waals surface area contributed by atoms with E-state index in [-0.39, 0.29) is 0 Å². The number of rotatable bonds is 1. The molecule has 84 valence electrons. The van der Waals surface area contributed by atoms with Crippen LogP contribution >= 0.6 is 0 Å². The molecule has 0 unspecified atom stereocenters. The highest BCUT2D eigenvalue weighted by atomic mass is 15.1. The third-order valence-corrected chi connectivity index (χ3v) is 2.86. The Hall–Kier alpha value is -2.36. The number of nitrogens with zero attached hydrogens (tertiary/aromatic N) is 3. The molecule has 0 fully saturated rings. The largest absolute Gasteiger partial charge is 0.397 e. The van der Waals surface area contributed by atoms with E-state index in [1.807, 2.05) is 41.9 Å². The van der Waals surface area contributed by atoms with Crippen molar-refractivity contribution in [1.29, 1.82) is 0 Å². The van der Waals surface area contributed by atoms with Gasteiger partial charge in [-0.25, -0.2) is 4.98 Å². The lowest BCUT2D eigenvalue weighted by molar-refractivity contribution is 0.957. The molecule has 0 spiro atoms. The van der Waals surface area contributed by atoms with Crippen LogP contribution in [0.2, 0.25) is 0 Å². The van der Waals surface area contributed by atoms with Crippen LogP contribution in [0.5, 0.6) is 0 Å². The Morgan fingerprint density at radius 2 is 2.06 bits per heavy atom. The lowest BCUT2D eigenvalue weighted by Crippen LogP contribution is -1.92. The van der Waals surface area contributed by atoms with Gasteiger partial charge in [-0.15, -0.1) is 0 Å². The average Bonchev–Trinajstić information content (AvgIpc) is 2.70. The smallest absolute Gasteiger partial charge is 0.142 e. The molecule has 3 rings (SSSR count). The summed E-state index contributed by atoms with van der Waals surface area (Å²) < 4.78 is 2.03. The number of hydrogen-bond donors (Lipinski definition) is 1. The molecule has 0 saturated heterocycles. The van der Waals surface area contributed by atoms with Crippen LogP contribution in [-0.2, 0) is 7.05 Å². The Kier molecular flexibility index (Phi) is 2.08. The van der Waals surface area contributed by atoms with E-state index < -0.39 is 0 Å². The first-order valence-corrected chi connectivity index (χ1v) is 5.38. The van der Waals surface area contributed by atoms with Gasteiger partial charge >= 0.3 is 0 Å². The van der Waals surface area contributed by atoms with Crippen LogP contribution in [-0.4, -0.2) is 14.5 Å². The maximum atomic E-state index is 5.93. The maximum absolute atomic E-state index is 5.93. The van der Waals surface area contributed by atoms with Crippen molar-refractivity contribution in [2.45, 2.75) is 0 Å². The number of nitrogens with two attached hydrogens (primary N) is 1. The number of aromatic nitrogens is 3. The molecule has 0 bridgehead atoms. The van der Waals surface area contributed by atoms with Crippen molar-refractivity contribution in [1.82, 2.24) is 14.5 Å². The van der Waals surface area contributed by atoms with Gasteiger partial charge < -0.3 is 10.3 Å². The second-order valence-electron chi connectivity index (χ2n) is 3.95. The van der Waals surface area contributed by atoms with Gasteiger partial charge in [0, 0.05) is 25.0 Å². The molecule has 3 aromatic rings. The second-order valence-corrected chi connectivity index (χ2v) is 3.95. The number of imidazole rings is 1. The Morgan fingerprint density at radius 1 is 1.18 bits per heavy atom. The molecule has 0 radical (unpaired) electrons. The number of benzene rings is 1. The molecule has 0 saturated carbocycles. The van der Waals surface area contributed by atoms with Crippen molar-refractivity contribution in [3.05, 3.63) is 42.7 Å². The summed E-state index contributed by atoms with van der Waals surface area (Å²) in [5.41, 5.74) is 9.49. The predicted molar refractivity (Wildman–Crippen MR) is 68.4 cm³/mol. The van der Waals surface area contributed by atoms with Gasteiger partial charge in [0.25, 0.3) is 0 Å². The molecular weight excluding hydrogens is 212 g/mol. The number of aryl methyl sites for hydroxylation is 1. The van der Waals surface area contributed by atoms with Gasteiger partial charge in [-0.05, 0) is 24.3 Å². The number of para-hydroxylation sites is 1. The number of pyridine rings is 1. The minimum Gasteiger partial charge on any atom is -0.397 e. The van der Waals surface area contributed by atoms with Gasteiger partial charge in [0.1, 0.15) is 11.3 Å². The Bertz CT molecular complexity index is 670. The van der Waals surface area contributed by atoms with Gasteiger partial charge in [-0.2, -0.15) is 0 Å². The summed E-state index contributed by atoms with van der Waals surface area (Å²) in [5.74, 6) is 0.881. The first kappa shape index (κ1) is 9.84. The van der Waals surface area contributed by atoms with Crippen molar-refractivity contribution in [2.75, 3.05) is 5.73 Å². The average molecular weight is 224 g/mol. The SMILES string of the molecule is Cn1c(-c2cccnc2)nc2c(N)cccc21. The van der Waals surface area contributed by atoms with Crippen molar-refractivity contribution < 1.29 is 0 Å². The Labute approximate surface area is 98.7 Å². The lowest BCUT2D eigenvalue weighted by Gasteiger charge is -2.01. The summed E-state index contributed by atoms with van der Waals surface area (Å²) >= 11 is 0. The molecular formula is C13H12N4. The van der Waals surface area contributed by atoms with Gasteiger partial charge in [-0.3, -0.25) is 4.98 Å². The summed E-state index contributed by atoms with van der Waals surface area (Å²) in [6, 6.07) is 9.70. The van der Waals surface area contributed by atoms with Gasteiger partial charge in [0.05, 0.1) is 11.2 Å². The third kappa shape index (κ3) is 1.45. The number of hydrogen-bond acceptors (Lipinski definition) is 3. The molecule has 0 aliphatic heterocycles. The molecule has 2 heterocycles. The van der Waals surface area contributed by atoms with E-state index in [1.165, 1.54) is 0 Å². The van der Waals surface area contributed by atoms with Crippen LogP contribution in [0.15, 0.2) is 42.7 Å². The summed E-state index contributed by atoms with van der Waals surface area (Å²) in [6.07, 6.45) is 3.55. The summed E-state index contributed by atoms with van der Waals surface area (Å²) in [4.78, 5) is 8.69. The van der Waals surface area contributed by atoms with Crippen LogP contribution in [0.3, 0.4) is 0 Å². The van der Waals surface area contributed by atoms with E-state index in [2.05, 4.69) is 9.97 Å². The first-order chi connectivity index (χ1) is 8.27. The van der Waals surface area contributed by atoms with Gasteiger partial charge in [0.15, 0.2) is 0 Å². The van der Waals surface area contributed by atoms with Gasteiger partial charge in [0.2, 0.25) is 0 Å². The summed E-state index contributed by atoms with van der Waals surface area (Å²) in [6.45, 7) is 0. The fraction of sp³-hybridized carbons (Fsp3) is 0.0769. The highest BCUT2D eigenvalue weighted by Crippen LogP contribution is 2.26. The van der Waals surface area contributed by atoms with Crippen LogP contribution in [0, 0.1) is 0 Å². The monoisotopic (exact) mass is 224 g/mol. The Morgan fingerprint density at radius 3 is 2.76 bits per heavy atom. The normalized spacial score (nSPS) is 10.9. The highest BCUT2D eigenvalue weighted by Gasteiger charge is 2.10. The number of fused-ring (bicyclic) bond motifs is 1. The molecule has 0 aliphatic rings. The number of anilines is 1. The quantitative estimate of drug-likeness (QED) is 0.645. The molecule has 17 heavy (non-hydrogen) atoms. The van der Waals surface area contributed by atoms with E-state index in [1.54, 1.807) is 12.4 Å². The Balaban J connectivity index is 2.32. The van der Waals surface area contributed by atoms with E-state index >= 15 is 0 Å². The van der Waals surface area contributed by atoms with E-state index in [9.17, 15) is 0 Å². The predicted octanol–water partition coefficient (Wildman–Crippen LogP) is 2.22. The third-order valence-electron chi connectivity index (χ3n) is 2.86. The van der Waals surface area contributed by atoms with E-state index in [0.717, 1.165) is 22.4 Å². The van der Waals surface area contributed by atoms with Crippen molar-refractivity contribution >= 4 is 16.7 Å². The van der Waals surface area contributed by atoms with Crippen molar-refractivity contribution in [3.63, 3.8) is 0 Å². The molecule has 4 nitrogen and oxygen atoms in total. The zero-order chi connectivity index (χ0) is 11.8. The molecule has 0 atom stereocenters. The van der Waals surface area contributed by atoms with Crippen LogP contribution < -0.4 is 5.73 Å². The first-order valence-electron chi connectivity index (χ1n) is 5.38. The molecule has 0 amide bonds. The van der Waals surface area contributed by atoms with Crippen LogP contribution in [0.4, 0.5) is 5.69 Å². The topological polar surface area (TPSA) is 56.7 Å². The number of nitrogen functional groups attached to an aromatic ring is 1. The zero-order valence-electron chi connectivity index (χ0n) is 9.46. The fourth-order valence-electron chi connectivity index (χ4n) is 1.99. The molecule has 2 aromatic heterocycles. The lowest BCUT2D eigenvalue weighted by atomic mass is 10.3. The zero-order valence-corrected chi connectivity index (χ0v) is 9.46. The molecule has 2 N–H and O–H groups in total. The highest BCUT2D eigenvalue weighted by molar-refractivity contribution is 5.90. The van der Waals surface area contributed by atoms with E-state index in [4.69, 9.17) is 5.73 Å². The molecule has 1 aromatic carbocycles. The second kappa shape index (κ2) is 3.59. The minimum atomic E-state index is 0.702. The molecule has 0 aliphatic carbocycles. The molecule has 4 heteroatoms. The summed E-state index contributed by atoms with van der Waals surface area (Å²) in [7, 11) is 1.98. The van der Waals surface area contributed by atoms with Crippen molar-refractivity contribution in [3.8, 4) is 11.4 Å². The fourth-order valence-corrected chi connectivity index (χ4v) is 1.99. The maximum Gasteiger partial charge on any atom is 0.142 e. The van der Waals surface area contributed by atoms with E-state index in [0.29, 0.717) is 5.69 Å². The van der Waals surface area contributed by atoms with Crippen molar-refractivity contribution in [2.24, 2.45) is 7.05 Å².